The van der Waals surface area contributed by atoms with Crippen molar-refractivity contribution in [3.05, 3.63) is 314 Å². The summed E-state index contributed by atoms with van der Waals surface area (Å²) < 4.78 is 0. The zero-order chi connectivity index (χ0) is 103. The van der Waals surface area contributed by atoms with E-state index in [1.54, 1.807) is 19.0 Å². The van der Waals surface area contributed by atoms with Crippen molar-refractivity contribution in [1.82, 2.24) is 30.7 Å². The van der Waals surface area contributed by atoms with E-state index in [1.807, 2.05) is 98.2 Å². The van der Waals surface area contributed by atoms with Gasteiger partial charge >= 0.3 is 0 Å². The Morgan fingerprint density at radius 1 is 0.333 bits per heavy atom. The summed E-state index contributed by atoms with van der Waals surface area (Å²) in [7, 11) is 3.60. The number of nitrogens with zero attached hydrogens (tertiary/aromatic N) is 3. The van der Waals surface area contributed by atoms with Gasteiger partial charge < -0.3 is 41.1 Å². The van der Waals surface area contributed by atoms with Gasteiger partial charge in [0.05, 0.1) is 12.1 Å². The molecule has 5 N–H and O–H groups in total. The van der Waals surface area contributed by atoms with Gasteiger partial charge in [-0.1, -0.05) is 305 Å². The molecular weight excluding hydrogens is 1740 g/mol. The Kier molecular flexibility index (Phi) is 35.5. The van der Waals surface area contributed by atoms with Crippen LogP contribution in [-0.2, 0) is 116 Å². The molecule has 2 fully saturated rings. The lowest BCUT2D eigenvalue weighted by molar-refractivity contribution is -0.128. The summed E-state index contributed by atoms with van der Waals surface area (Å²) in [5.74, 6) is 0.660. The van der Waals surface area contributed by atoms with Gasteiger partial charge in [-0.15, -0.1) is 0 Å². The standard InChI is InChI=1S/C20H21NO.C19H27NO2.C19H25NO.C18H23NO.2C17H23NO.C16H21NO/c1-20(2,3)17-10-9-14-11-16(12-15(14)13-17)19(22)21-18-7-5-4-6-8-18;1-6-19(5,12-21)20-17(22)15-9-13-7-8-16(18(2,3)4)11-14(13)10-15;1-19(2,3)17-8-7-14-11-16(12-15(14)13-17)18(21)20-9-5-4-6-10-20;1-18(2,3)16-7-6-13-10-15(11-14(13)12-16)17(20)19-8-4-5-9-19;1-11(2)18-16(19)14-8-12-6-7-15(17(3,4)5)10-13(12)9-14;1-5-8-18-16(19)14-9-12-6-7-15(17(2,3)4)11-13(12)10-14;1-16(2,3)14-7-6-11-8-13(9-12(11)10-14)15(18)17(4)5/h4-10,12-13H,11H2,1-3H3,(H,21,22);7-8,10-11,21H,6,9,12H2,1-5H3,(H,20,22);7-8,12-13H,4-6,9-11H2,1-3H3;6-7,11-12H,4-5,8-10H2,1-3H3;6-7,9-11H,8H2,1-5H3,(H,18,19);6-7,10-11H,5,8-9H2,1-4H3,(H,18,19);6-7,9-10H,8H2,1-5H3. The van der Waals surface area contributed by atoms with Crippen LogP contribution in [0.15, 0.2) is 197 Å². The number of amides is 7. The quantitative estimate of drug-likeness (QED) is 0.0708. The van der Waals surface area contributed by atoms with Gasteiger partial charge in [0.2, 0.25) is 35.4 Å². The molecule has 17 rings (SSSR count). The Morgan fingerprint density at radius 2 is 0.596 bits per heavy atom. The number of likely N-dealkylation sites (tertiary alicyclic amines) is 2. The maximum atomic E-state index is 12.6. The zero-order valence-electron chi connectivity index (χ0n) is 90.4. The van der Waals surface area contributed by atoms with Crippen LogP contribution >= 0.6 is 0 Å². The second-order valence-corrected chi connectivity index (χ2v) is 47.9. The molecule has 750 valence electrons. The highest BCUT2D eigenvalue weighted by atomic mass is 16.3. The SMILES string of the molecule is CC(C)(C)c1ccc2c(c1)C=C(C(=O)N1CCCC1)C2.CC(C)(C)c1ccc2c(c1)C=C(C(=O)N1CCCCC1)C2.CC(C)(C)c1ccc2c(c1)C=C(C(=O)Nc1ccccc1)C2.CC(C)NC(=O)C1=Cc2cc(C(C)(C)C)ccc2C1.CCC(C)(CO)NC(=O)C1=Cc2cc(C(C)(C)C)ccc2C1.CCCNC(=O)C1=Cc2cc(C(C)(C)C)ccc2C1.CN(C)C(=O)C1=Cc2cc(C(C)(C)C)ccc2C1. The predicted octanol–water partition coefficient (Wildman–Crippen LogP) is 25.2. The number of anilines is 1. The van der Waals surface area contributed by atoms with Crippen LogP contribution in [0, 0.1) is 0 Å². The molecule has 1 unspecified atom stereocenters. The van der Waals surface area contributed by atoms with Crippen LogP contribution in [0.3, 0.4) is 0 Å². The first kappa shape index (κ1) is 110. The van der Waals surface area contributed by atoms with Crippen molar-refractivity contribution >= 4 is 89.6 Å². The molecule has 141 heavy (non-hydrogen) atoms. The third-order valence-electron chi connectivity index (χ3n) is 28.0. The fraction of sp³-hybridized carbons (Fsp3) is 0.452. The van der Waals surface area contributed by atoms with Crippen molar-refractivity contribution < 1.29 is 38.7 Å². The number of nitrogens with one attached hydrogen (secondary N) is 4. The number of benzene rings is 8. The van der Waals surface area contributed by atoms with E-state index in [0.717, 1.165) is 147 Å². The number of hydrogen-bond acceptors (Lipinski definition) is 8. The molecule has 2 saturated heterocycles. The van der Waals surface area contributed by atoms with Gasteiger partial charge in [-0.25, -0.2) is 0 Å². The highest BCUT2D eigenvalue weighted by molar-refractivity contribution is 6.09. The van der Waals surface area contributed by atoms with Crippen molar-refractivity contribution in [2.24, 2.45) is 0 Å². The number of likely N-dealkylation sites (N-methyl/N-ethyl adjacent to an activating group) is 1. The summed E-state index contributed by atoms with van der Waals surface area (Å²) >= 11 is 0. The third-order valence-corrected chi connectivity index (χ3v) is 28.0. The number of rotatable bonds is 14. The molecule has 7 aliphatic carbocycles. The van der Waals surface area contributed by atoms with E-state index in [4.69, 9.17) is 0 Å². The van der Waals surface area contributed by atoms with Gasteiger partial charge in [0.1, 0.15) is 0 Å². The van der Waals surface area contributed by atoms with Gasteiger partial charge in [-0.05, 0) is 275 Å². The molecule has 1 atom stereocenters. The number of para-hydroxylation sites is 1. The minimum absolute atomic E-state index is 0.0142. The Hall–Kier alpha value is -11.8. The van der Waals surface area contributed by atoms with E-state index in [2.05, 4.69) is 313 Å². The second kappa shape index (κ2) is 45.6. The Labute approximate surface area is 845 Å². The van der Waals surface area contributed by atoms with Crippen LogP contribution in [-0.4, -0.2) is 126 Å². The predicted molar refractivity (Wildman–Crippen MR) is 588 cm³/mol. The number of fused-ring (bicyclic) bond motifs is 7. The monoisotopic (exact) mass is 1900 g/mol. The first-order valence-electron chi connectivity index (χ1n) is 51.6. The Balaban J connectivity index is 0.000000157. The summed E-state index contributed by atoms with van der Waals surface area (Å²) in [6, 6.07) is 55.7. The van der Waals surface area contributed by atoms with Crippen LogP contribution < -0.4 is 21.3 Å². The van der Waals surface area contributed by atoms with Crippen molar-refractivity contribution in [3.63, 3.8) is 0 Å². The molecule has 2 aliphatic heterocycles. The number of hydrogen-bond donors (Lipinski definition) is 5. The smallest absolute Gasteiger partial charge is 0.251 e. The molecule has 0 saturated carbocycles. The fourth-order valence-electron chi connectivity index (χ4n) is 18.3. The molecule has 8 aromatic rings. The number of carbonyl (C=O) groups is 7. The van der Waals surface area contributed by atoms with E-state index >= 15 is 0 Å². The van der Waals surface area contributed by atoms with Gasteiger partial charge in [-0.2, -0.15) is 0 Å². The first-order chi connectivity index (χ1) is 66.0. The van der Waals surface area contributed by atoms with Crippen molar-refractivity contribution in [2.45, 2.75) is 319 Å². The third kappa shape index (κ3) is 29.5. The summed E-state index contributed by atoms with van der Waals surface area (Å²) in [4.78, 5) is 91.5. The molecule has 0 radical (unpaired) electrons. The van der Waals surface area contributed by atoms with Crippen LogP contribution in [0.1, 0.15) is 342 Å². The molecule has 0 bridgehead atoms. The molecule has 0 aromatic heterocycles. The summed E-state index contributed by atoms with van der Waals surface area (Å²) in [6.07, 6.45) is 27.1. The van der Waals surface area contributed by atoms with Crippen molar-refractivity contribution in [1.29, 1.82) is 0 Å². The van der Waals surface area contributed by atoms with E-state index in [0.29, 0.717) is 19.3 Å². The second-order valence-electron chi connectivity index (χ2n) is 47.9. The first-order valence-corrected chi connectivity index (χ1v) is 51.6. The molecular formula is C126H163N7O8. The lowest BCUT2D eigenvalue weighted by atomic mass is 9.85. The van der Waals surface area contributed by atoms with Crippen molar-refractivity contribution in [3.8, 4) is 0 Å². The highest BCUT2D eigenvalue weighted by Crippen LogP contribution is 2.40. The van der Waals surface area contributed by atoms with Crippen LogP contribution in [0.2, 0.25) is 0 Å². The van der Waals surface area contributed by atoms with Crippen molar-refractivity contribution in [2.75, 3.05) is 58.7 Å². The van der Waals surface area contributed by atoms with E-state index in [1.165, 1.54) is 118 Å². The Morgan fingerprint density at radius 3 is 0.872 bits per heavy atom. The van der Waals surface area contributed by atoms with Gasteiger partial charge in [0.25, 0.3) is 5.91 Å². The maximum Gasteiger partial charge on any atom is 0.251 e. The summed E-state index contributed by atoms with van der Waals surface area (Å²) in [5, 5.41) is 21.3. The molecule has 15 nitrogen and oxygen atoms in total. The number of aliphatic hydroxyl groups is 1. The van der Waals surface area contributed by atoms with Crippen LogP contribution in [0.4, 0.5) is 5.69 Å². The normalized spacial score (nSPS) is 15.7. The number of piperidine rings is 1. The zero-order valence-corrected chi connectivity index (χ0v) is 90.4. The number of aliphatic hydroxyl groups excluding tert-OH is 1. The van der Waals surface area contributed by atoms with E-state index in [9.17, 15) is 38.7 Å². The molecule has 0 spiro atoms. The van der Waals surface area contributed by atoms with Crippen LogP contribution in [0.5, 0.6) is 0 Å². The molecule has 9 aliphatic rings. The lowest BCUT2D eigenvalue weighted by Crippen LogP contribution is -2.48. The topological polar surface area (TPSA) is 198 Å². The minimum Gasteiger partial charge on any atom is -0.394 e. The maximum absolute atomic E-state index is 12.6. The highest BCUT2D eigenvalue weighted by Gasteiger charge is 2.34. The molecule has 7 amide bonds. The fourth-order valence-corrected chi connectivity index (χ4v) is 18.3. The molecule has 15 heteroatoms. The van der Waals surface area contributed by atoms with Gasteiger partial charge in [-0.3, -0.25) is 33.6 Å². The van der Waals surface area contributed by atoms with Gasteiger partial charge in [0, 0.05) is 143 Å². The average Bonchev–Trinajstić information content (AvgIpc) is 1.69. The molecule has 8 aromatic carbocycles. The minimum atomic E-state index is -0.552. The number of carbonyl (C=O) groups excluding carboxylic acids is 7. The van der Waals surface area contributed by atoms with Crippen LogP contribution in [0.25, 0.3) is 42.5 Å². The summed E-state index contributed by atoms with van der Waals surface area (Å²) in [5.41, 5.74) is 33.8. The summed E-state index contributed by atoms with van der Waals surface area (Å²) in [6.45, 7) is 60.7. The molecule has 2 heterocycles. The van der Waals surface area contributed by atoms with Gasteiger partial charge in [0.15, 0.2) is 0 Å². The van der Waals surface area contributed by atoms with E-state index < -0.39 is 5.54 Å². The Bertz CT molecular complexity index is 6160. The van der Waals surface area contributed by atoms with E-state index in [-0.39, 0.29) is 91.9 Å². The largest absolute Gasteiger partial charge is 0.394 e. The average molecular weight is 1900 g/mol. The lowest BCUT2D eigenvalue weighted by Gasteiger charge is -2.27.